The molecule has 16 heavy (non-hydrogen) atoms. The summed E-state index contributed by atoms with van der Waals surface area (Å²) in [6.45, 7) is 5.15. The third-order valence-electron chi connectivity index (χ3n) is 2.62. The second-order valence-corrected chi connectivity index (χ2v) is 4.19. The standard InChI is InChI=1S/C13H20N2O/c1-11(2)15(3)13(16)10-14-9-12-7-5-4-6-8-12/h4-8,11,14H,9-10H2,1-3H3. The van der Waals surface area contributed by atoms with Crippen LogP contribution >= 0.6 is 0 Å². The van der Waals surface area contributed by atoms with E-state index < -0.39 is 0 Å². The van der Waals surface area contributed by atoms with Crippen LogP contribution in [0.25, 0.3) is 0 Å². The highest BCUT2D eigenvalue weighted by Crippen LogP contribution is 1.97. The summed E-state index contributed by atoms with van der Waals surface area (Å²) in [6, 6.07) is 10.3. The van der Waals surface area contributed by atoms with Gasteiger partial charge in [0.25, 0.3) is 0 Å². The lowest BCUT2D eigenvalue weighted by molar-refractivity contribution is -0.130. The van der Waals surface area contributed by atoms with Gasteiger partial charge in [0.05, 0.1) is 6.54 Å². The number of nitrogens with one attached hydrogen (secondary N) is 1. The summed E-state index contributed by atoms with van der Waals surface area (Å²) in [5.41, 5.74) is 1.20. The molecule has 3 heteroatoms. The summed E-state index contributed by atoms with van der Waals surface area (Å²) in [5, 5.41) is 3.15. The molecule has 0 spiro atoms. The molecule has 0 radical (unpaired) electrons. The number of amides is 1. The molecule has 1 aromatic rings. The Labute approximate surface area is 97.5 Å². The Kier molecular flexibility index (Phi) is 4.99. The van der Waals surface area contributed by atoms with Gasteiger partial charge in [0, 0.05) is 19.6 Å². The zero-order valence-corrected chi connectivity index (χ0v) is 10.2. The topological polar surface area (TPSA) is 32.3 Å². The van der Waals surface area contributed by atoms with Gasteiger partial charge in [-0.2, -0.15) is 0 Å². The number of carbonyl (C=O) groups excluding carboxylic acids is 1. The highest BCUT2D eigenvalue weighted by molar-refractivity contribution is 5.78. The third kappa shape index (κ3) is 4.03. The van der Waals surface area contributed by atoms with Crippen molar-refractivity contribution < 1.29 is 4.79 Å². The average molecular weight is 220 g/mol. The molecule has 0 aliphatic rings. The molecule has 0 aliphatic heterocycles. The van der Waals surface area contributed by atoms with Gasteiger partial charge in [0.2, 0.25) is 5.91 Å². The SMILES string of the molecule is CC(C)N(C)C(=O)CNCc1ccccc1. The number of nitrogens with zero attached hydrogens (tertiary/aromatic N) is 1. The predicted molar refractivity (Wildman–Crippen MR) is 66.1 cm³/mol. The molecule has 0 bridgehead atoms. The summed E-state index contributed by atoms with van der Waals surface area (Å²) in [4.78, 5) is 13.4. The smallest absolute Gasteiger partial charge is 0.236 e. The molecular weight excluding hydrogens is 200 g/mol. The number of hydrogen-bond donors (Lipinski definition) is 1. The van der Waals surface area contributed by atoms with Crippen molar-refractivity contribution in [2.45, 2.75) is 26.4 Å². The monoisotopic (exact) mass is 220 g/mol. The van der Waals surface area contributed by atoms with E-state index in [2.05, 4.69) is 5.32 Å². The third-order valence-corrected chi connectivity index (χ3v) is 2.62. The summed E-state index contributed by atoms with van der Waals surface area (Å²) < 4.78 is 0. The lowest BCUT2D eigenvalue weighted by atomic mass is 10.2. The number of benzene rings is 1. The highest BCUT2D eigenvalue weighted by Gasteiger charge is 2.10. The Bertz CT molecular complexity index is 322. The molecule has 0 fully saturated rings. The van der Waals surface area contributed by atoms with E-state index in [1.807, 2.05) is 51.2 Å². The Morgan fingerprint density at radius 1 is 1.31 bits per heavy atom. The van der Waals surface area contributed by atoms with E-state index in [1.54, 1.807) is 4.90 Å². The van der Waals surface area contributed by atoms with E-state index in [9.17, 15) is 4.79 Å². The lowest BCUT2D eigenvalue weighted by Crippen LogP contribution is -2.39. The van der Waals surface area contributed by atoms with Gasteiger partial charge in [-0.25, -0.2) is 0 Å². The fraction of sp³-hybridized carbons (Fsp3) is 0.462. The van der Waals surface area contributed by atoms with Crippen LogP contribution in [0.2, 0.25) is 0 Å². The molecular formula is C13H20N2O. The molecule has 0 aliphatic carbocycles. The molecule has 0 unspecified atom stereocenters. The fourth-order valence-electron chi connectivity index (χ4n) is 1.32. The van der Waals surface area contributed by atoms with Crippen molar-refractivity contribution in [1.29, 1.82) is 0 Å². The van der Waals surface area contributed by atoms with Crippen LogP contribution in [0.5, 0.6) is 0 Å². The summed E-state index contributed by atoms with van der Waals surface area (Å²) in [7, 11) is 1.83. The zero-order chi connectivity index (χ0) is 12.0. The first-order valence-corrected chi connectivity index (χ1v) is 5.61. The first kappa shape index (κ1) is 12.7. The maximum absolute atomic E-state index is 11.6. The predicted octanol–water partition coefficient (Wildman–Crippen LogP) is 1.64. The van der Waals surface area contributed by atoms with Gasteiger partial charge in [0.1, 0.15) is 0 Å². The number of hydrogen-bond acceptors (Lipinski definition) is 2. The molecule has 0 saturated carbocycles. The van der Waals surface area contributed by atoms with Crippen LogP contribution in [0.15, 0.2) is 30.3 Å². The maximum atomic E-state index is 11.6. The van der Waals surface area contributed by atoms with Crippen molar-refractivity contribution in [3.05, 3.63) is 35.9 Å². The van der Waals surface area contributed by atoms with Gasteiger partial charge in [-0.05, 0) is 19.4 Å². The minimum atomic E-state index is 0.130. The second kappa shape index (κ2) is 6.28. The Hall–Kier alpha value is -1.35. The van der Waals surface area contributed by atoms with Gasteiger partial charge < -0.3 is 10.2 Å². The Morgan fingerprint density at radius 2 is 1.94 bits per heavy atom. The molecule has 0 heterocycles. The molecule has 88 valence electrons. The van der Waals surface area contributed by atoms with E-state index in [4.69, 9.17) is 0 Å². The van der Waals surface area contributed by atoms with Crippen LogP contribution in [0, 0.1) is 0 Å². The van der Waals surface area contributed by atoms with Gasteiger partial charge in [-0.1, -0.05) is 30.3 Å². The largest absolute Gasteiger partial charge is 0.342 e. The summed E-state index contributed by atoms with van der Waals surface area (Å²) in [5.74, 6) is 0.130. The maximum Gasteiger partial charge on any atom is 0.236 e. The van der Waals surface area contributed by atoms with Crippen molar-refractivity contribution in [2.75, 3.05) is 13.6 Å². The van der Waals surface area contributed by atoms with Crippen molar-refractivity contribution in [3.63, 3.8) is 0 Å². The van der Waals surface area contributed by atoms with E-state index in [-0.39, 0.29) is 11.9 Å². The van der Waals surface area contributed by atoms with Crippen LogP contribution in [-0.2, 0) is 11.3 Å². The second-order valence-electron chi connectivity index (χ2n) is 4.19. The van der Waals surface area contributed by atoms with Gasteiger partial charge >= 0.3 is 0 Å². The van der Waals surface area contributed by atoms with Crippen LogP contribution < -0.4 is 5.32 Å². The van der Waals surface area contributed by atoms with Crippen molar-refractivity contribution >= 4 is 5.91 Å². The Balaban J connectivity index is 2.28. The number of likely N-dealkylation sites (N-methyl/N-ethyl adjacent to an activating group) is 1. The summed E-state index contributed by atoms with van der Waals surface area (Å²) in [6.07, 6.45) is 0. The molecule has 1 aromatic carbocycles. The van der Waals surface area contributed by atoms with Gasteiger partial charge in [0.15, 0.2) is 0 Å². The first-order chi connectivity index (χ1) is 7.61. The minimum absolute atomic E-state index is 0.130. The summed E-state index contributed by atoms with van der Waals surface area (Å²) >= 11 is 0. The molecule has 0 saturated heterocycles. The Morgan fingerprint density at radius 3 is 2.50 bits per heavy atom. The van der Waals surface area contributed by atoms with Crippen LogP contribution in [0.4, 0.5) is 0 Å². The van der Waals surface area contributed by atoms with Crippen molar-refractivity contribution in [3.8, 4) is 0 Å². The number of rotatable bonds is 5. The molecule has 0 atom stereocenters. The van der Waals surface area contributed by atoms with Gasteiger partial charge in [-0.3, -0.25) is 4.79 Å². The lowest BCUT2D eigenvalue weighted by Gasteiger charge is -2.21. The van der Waals surface area contributed by atoms with Crippen molar-refractivity contribution in [1.82, 2.24) is 10.2 Å². The number of carbonyl (C=O) groups is 1. The molecule has 1 N–H and O–H groups in total. The van der Waals surface area contributed by atoms with E-state index in [1.165, 1.54) is 5.56 Å². The van der Waals surface area contributed by atoms with Crippen LogP contribution in [0.1, 0.15) is 19.4 Å². The normalized spacial score (nSPS) is 10.5. The average Bonchev–Trinajstić information content (AvgIpc) is 2.29. The molecule has 1 rings (SSSR count). The molecule has 0 aromatic heterocycles. The van der Waals surface area contributed by atoms with Crippen LogP contribution in [-0.4, -0.2) is 30.4 Å². The molecule has 3 nitrogen and oxygen atoms in total. The van der Waals surface area contributed by atoms with Crippen LogP contribution in [0.3, 0.4) is 0 Å². The quantitative estimate of drug-likeness (QED) is 0.818. The van der Waals surface area contributed by atoms with E-state index >= 15 is 0 Å². The minimum Gasteiger partial charge on any atom is -0.342 e. The molecule has 1 amide bonds. The van der Waals surface area contributed by atoms with E-state index in [0.717, 1.165) is 6.54 Å². The first-order valence-electron chi connectivity index (χ1n) is 5.61. The van der Waals surface area contributed by atoms with Gasteiger partial charge in [-0.15, -0.1) is 0 Å². The highest BCUT2D eigenvalue weighted by atomic mass is 16.2. The zero-order valence-electron chi connectivity index (χ0n) is 10.2. The fourth-order valence-corrected chi connectivity index (χ4v) is 1.32. The van der Waals surface area contributed by atoms with Crippen molar-refractivity contribution in [2.24, 2.45) is 0 Å². The van der Waals surface area contributed by atoms with E-state index in [0.29, 0.717) is 6.54 Å².